The SMILES string of the molecule is Cc1cc2nc(-c3ccc4c(c3)OCCOCCOc3cc(-c5nc6cc(C)c(C)cc6[nH]5)ccc3OCCOCCO4)[nH]c2cc1C. The average Bonchev–Trinajstić information content (AvgIpc) is 3.68. The van der Waals surface area contributed by atoms with Crippen LogP contribution in [0.2, 0.25) is 0 Å². The molecule has 10 nitrogen and oxygen atoms in total. The molecule has 4 aromatic carbocycles. The van der Waals surface area contributed by atoms with Gasteiger partial charge in [0, 0.05) is 11.1 Å². The Balaban J connectivity index is 1.03. The van der Waals surface area contributed by atoms with Gasteiger partial charge in [-0.2, -0.15) is 0 Å². The molecule has 0 saturated heterocycles. The second-order valence-electron chi connectivity index (χ2n) is 12.0. The fourth-order valence-corrected chi connectivity index (χ4v) is 5.63. The molecule has 48 heavy (non-hydrogen) atoms. The van der Waals surface area contributed by atoms with Crippen molar-refractivity contribution in [2.75, 3.05) is 52.9 Å². The predicted octanol–water partition coefficient (Wildman–Crippen LogP) is 7.27. The molecular weight excluding hydrogens is 608 g/mol. The van der Waals surface area contributed by atoms with Crippen LogP contribution in [-0.2, 0) is 9.47 Å². The zero-order valence-electron chi connectivity index (χ0n) is 27.8. The lowest BCUT2D eigenvalue weighted by atomic mass is 10.1. The Bertz CT molecular complexity index is 1840. The standard InChI is InChI=1S/C38H40N4O6/c1-23-17-29-30(18-24(23)2)40-37(39-29)27-5-7-33-35(21-27)47-15-11-44-12-16-48-36-22-28(6-8-34(36)46-14-10-43-9-13-45-33)38-41-31-19-25(3)26(4)20-32(31)42-38/h5-8,17-22H,9-16H2,1-4H3,(H,39,40)(H,41,42). The molecule has 6 aromatic rings. The quantitative estimate of drug-likeness (QED) is 0.202. The number of hydrogen-bond acceptors (Lipinski definition) is 8. The number of aryl methyl sites for hydroxylation is 4. The molecule has 0 amide bonds. The van der Waals surface area contributed by atoms with E-state index in [9.17, 15) is 0 Å². The van der Waals surface area contributed by atoms with Crippen molar-refractivity contribution in [1.29, 1.82) is 0 Å². The van der Waals surface area contributed by atoms with E-state index >= 15 is 0 Å². The number of nitrogens with zero attached hydrogens (tertiary/aromatic N) is 2. The second kappa shape index (κ2) is 14.0. The van der Waals surface area contributed by atoms with Crippen molar-refractivity contribution < 1.29 is 28.4 Å². The fourth-order valence-electron chi connectivity index (χ4n) is 5.63. The summed E-state index contributed by atoms with van der Waals surface area (Å²) >= 11 is 0. The highest BCUT2D eigenvalue weighted by Crippen LogP contribution is 2.34. The number of imidazole rings is 2. The highest BCUT2D eigenvalue weighted by molar-refractivity contribution is 5.82. The molecule has 7 rings (SSSR count). The number of aromatic nitrogens is 4. The zero-order valence-corrected chi connectivity index (χ0v) is 27.8. The Morgan fingerprint density at radius 3 is 1.23 bits per heavy atom. The summed E-state index contributed by atoms with van der Waals surface area (Å²) in [4.78, 5) is 16.5. The van der Waals surface area contributed by atoms with Crippen LogP contribution in [0.25, 0.3) is 44.8 Å². The number of fused-ring (bicyclic) bond motifs is 4. The Morgan fingerprint density at radius 2 is 0.812 bits per heavy atom. The van der Waals surface area contributed by atoms with E-state index in [0.717, 1.165) is 44.8 Å². The minimum Gasteiger partial charge on any atom is -0.487 e. The van der Waals surface area contributed by atoms with Gasteiger partial charge in [-0.25, -0.2) is 9.97 Å². The lowest BCUT2D eigenvalue weighted by Crippen LogP contribution is -2.15. The summed E-state index contributed by atoms with van der Waals surface area (Å²) in [6, 6.07) is 20.1. The average molecular weight is 649 g/mol. The summed E-state index contributed by atoms with van der Waals surface area (Å²) < 4.78 is 36.2. The van der Waals surface area contributed by atoms with Gasteiger partial charge in [0.15, 0.2) is 23.0 Å². The lowest BCUT2D eigenvalue weighted by Gasteiger charge is -2.16. The first kappa shape index (κ1) is 31.5. The van der Waals surface area contributed by atoms with Gasteiger partial charge in [-0.05, 0) is 111 Å². The normalized spacial score (nSPS) is 14.9. The maximum Gasteiger partial charge on any atom is 0.162 e. The smallest absolute Gasteiger partial charge is 0.162 e. The van der Waals surface area contributed by atoms with E-state index in [4.69, 9.17) is 38.4 Å². The number of ether oxygens (including phenoxy) is 6. The molecule has 0 bridgehead atoms. The lowest BCUT2D eigenvalue weighted by molar-refractivity contribution is 0.0640. The van der Waals surface area contributed by atoms with Gasteiger partial charge in [0.2, 0.25) is 0 Å². The third-order valence-electron chi connectivity index (χ3n) is 8.57. The maximum atomic E-state index is 6.16. The minimum absolute atomic E-state index is 0.337. The molecule has 1 aliphatic rings. The molecule has 0 atom stereocenters. The summed E-state index contributed by atoms with van der Waals surface area (Å²) in [7, 11) is 0. The first-order chi connectivity index (χ1) is 23.4. The molecule has 0 aliphatic carbocycles. The van der Waals surface area contributed by atoms with Crippen LogP contribution in [-0.4, -0.2) is 72.8 Å². The zero-order chi connectivity index (χ0) is 33.0. The van der Waals surface area contributed by atoms with Crippen molar-refractivity contribution >= 4 is 22.1 Å². The van der Waals surface area contributed by atoms with Crippen molar-refractivity contribution in [2.24, 2.45) is 0 Å². The van der Waals surface area contributed by atoms with E-state index in [0.29, 0.717) is 75.9 Å². The van der Waals surface area contributed by atoms with Gasteiger partial charge in [0.05, 0.1) is 48.5 Å². The van der Waals surface area contributed by atoms with E-state index in [1.807, 2.05) is 36.4 Å². The summed E-state index contributed by atoms with van der Waals surface area (Å²) in [5.41, 5.74) is 10.5. The highest BCUT2D eigenvalue weighted by atomic mass is 16.6. The first-order valence-electron chi connectivity index (χ1n) is 16.3. The topological polar surface area (TPSA) is 113 Å². The van der Waals surface area contributed by atoms with E-state index in [1.54, 1.807) is 0 Å². The van der Waals surface area contributed by atoms with Crippen LogP contribution >= 0.6 is 0 Å². The van der Waals surface area contributed by atoms with Crippen LogP contribution in [0.4, 0.5) is 0 Å². The Hall–Kier alpha value is -5.06. The number of H-pyrrole nitrogens is 2. The van der Waals surface area contributed by atoms with E-state index in [2.05, 4.69) is 61.9 Å². The molecule has 0 saturated carbocycles. The summed E-state index contributed by atoms with van der Waals surface area (Å²) in [6.07, 6.45) is 0. The van der Waals surface area contributed by atoms with Crippen LogP contribution in [0.3, 0.4) is 0 Å². The third-order valence-corrected chi connectivity index (χ3v) is 8.57. The van der Waals surface area contributed by atoms with Crippen molar-refractivity contribution in [3.63, 3.8) is 0 Å². The van der Waals surface area contributed by atoms with Crippen molar-refractivity contribution in [2.45, 2.75) is 27.7 Å². The van der Waals surface area contributed by atoms with Crippen molar-refractivity contribution in [3.8, 4) is 45.8 Å². The molecule has 3 heterocycles. The van der Waals surface area contributed by atoms with Gasteiger partial charge >= 0.3 is 0 Å². The summed E-state index contributed by atoms with van der Waals surface area (Å²) in [6.45, 7) is 11.3. The van der Waals surface area contributed by atoms with Gasteiger partial charge in [-0.3, -0.25) is 0 Å². The third kappa shape index (κ3) is 6.95. The van der Waals surface area contributed by atoms with Crippen LogP contribution in [0.1, 0.15) is 22.3 Å². The first-order valence-corrected chi connectivity index (χ1v) is 16.3. The predicted molar refractivity (Wildman–Crippen MR) is 186 cm³/mol. The summed E-state index contributed by atoms with van der Waals surface area (Å²) in [5.74, 6) is 4.03. The monoisotopic (exact) mass is 648 g/mol. The molecule has 0 unspecified atom stereocenters. The Labute approximate surface area is 279 Å². The number of aromatic amines is 2. The molecular formula is C38H40N4O6. The number of hydrogen-bond donors (Lipinski definition) is 2. The fraction of sp³-hybridized carbons (Fsp3) is 0.316. The molecule has 0 radical (unpaired) electrons. The maximum absolute atomic E-state index is 6.16. The minimum atomic E-state index is 0.337. The van der Waals surface area contributed by atoms with E-state index < -0.39 is 0 Å². The van der Waals surface area contributed by atoms with Crippen LogP contribution in [0.5, 0.6) is 23.0 Å². The van der Waals surface area contributed by atoms with Gasteiger partial charge in [-0.1, -0.05) is 0 Å². The molecule has 2 N–H and O–H groups in total. The van der Waals surface area contributed by atoms with Crippen LogP contribution in [0.15, 0.2) is 60.7 Å². The molecule has 0 spiro atoms. The number of nitrogens with one attached hydrogen (secondary N) is 2. The van der Waals surface area contributed by atoms with Crippen LogP contribution in [0, 0.1) is 27.7 Å². The van der Waals surface area contributed by atoms with E-state index in [1.165, 1.54) is 22.3 Å². The second-order valence-corrected chi connectivity index (χ2v) is 12.0. The number of rotatable bonds is 2. The Morgan fingerprint density at radius 1 is 0.438 bits per heavy atom. The Kier molecular flexibility index (Phi) is 9.18. The molecule has 248 valence electrons. The molecule has 2 aromatic heterocycles. The molecule has 0 fully saturated rings. The van der Waals surface area contributed by atoms with Crippen LogP contribution < -0.4 is 18.9 Å². The van der Waals surface area contributed by atoms with E-state index in [-0.39, 0.29) is 0 Å². The molecule has 10 heteroatoms. The summed E-state index contributed by atoms with van der Waals surface area (Å²) in [5, 5.41) is 0. The molecule has 1 aliphatic heterocycles. The van der Waals surface area contributed by atoms with Crippen molar-refractivity contribution in [3.05, 3.63) is 82.9 Å². The van der Waals surface area contributed by atoms with Gasteiger partial charge in [0.25, 0.3) is 0 Å². The van der Waals surface area contributed by atoms with Gasteiger partial charge in [-0.15, -0.1) is 0 Å². The van der Waals surface area contributed by atoms with Crippen molar-refractivity contribution in [1.82, 2.24) is 19.9 Å². The van der Waals surface area contributed by atoms with Gasteiger partial charge < -0.3 is 38.4 Å². The van der Waals surface area contributed by atoms with Gasteiger partial charge in [0.1, 0.15) is 38.1 Å². The number of benzene rings is 4. The highest BCUT2D eigenvalue weighted by Gasteiger charge is 2.15. The largest absolute Gasteiger partial charge is 0.487 e.